The number of carbonyl (C=O) groups is 2. The molecule has 3 rings (SSSR count). The van der Waals surface area contributed by atoms with Crippen molar-refractivity contribution in [1.82, 2.24) is 4.90 Å². The highest BCUT2D eigenvalue weighted by Crippen LogP contribution is 2.33. The van der Waals surface area contributed by atoms with Crippen molar-refractivity contribution in [3.05, 3.63) is 53.1 Å². The van der Waals surface area contributed by atoms with Crippen molar-refractivity contribution in [2.24, 2.45) is 0 Å². The van der Waals surface area contributed by atoms with Crippen molar-refractivity contribution < 1.29 is 28.5 Å². The van der Waals surface area contributed by atoms with Gasteiger partial charge in [-0.15, -0.1) is 0 Å². The van der Waals surface area contributed by atoms with Gasteiger partial charge in [-0.3, -0.25) is 4.79 Å². The fourth-order valence-electron chi connectivity index (χ4n) is 3.31. The Kier molecular flexibility index (Phi) is 6.59. The van der Waals surface area contributed by atoms with Gasteiger partial charge in [-0.2, -0.15) is 0 Å². The summed E-state index contributed by atoms with van der Waals surface area (Å²) in [5.41, 5.74) is 2.42. The number of nitrogens with zero attached hydrogens (tertiary/aromatic N) is 1. The molecular formula is C22H25NO6. The van der Waals surface area contributed by atoms with E-state index in [2.05, 4.69) is 0 Å². The molecule has 1 heterocycles. The largest absolute Gasteiger partial charge is 0.493 e. The minimum atomic E-state index is -0.578. The second-order valence-corrected chi connectivity index (χ2v) is 6.55. The number of rotatable bonds is 7. The Balaban J connectivity index is 1.63. The summed E-state index contributed by atoms with van der Waals surface area (Å²) in [4.78, 5) is 26.6. The molecule has 0 fully saturated rings. The van der Waals surface area contributed by atoms with E-state index in [0.717, 1.165) is 11.1 Å². The van der Waals surface area contributed by atoms with Gasteiger partial charge in [0.05, 0.1) is 20.8 Å². The van der Waals surface area contributed by atoms with E-state index in [9.17, 15) is 9.59 Å². The first kappa shape index (κ1) is 20.5. The van der Waals surface area contributed by atoms with Crippen LogP contribution in [0.2, 0.25) is 0 Å². The van der Waals surface area contributed by atoms with E-state index < -0.39 is 5.97 Å². The first-order chi connectivity index (χ1) is 14.1. The molecule has 7 nitrogen and oxygen atoms in total. The minimum Gasteiger partial charge on any atom is -0.493 e. The van der Waals surface area contributed by atoms with Crippen molar-refractivity contribution in [3.8, 4) is 17.2 Å². The number of para-hydroxylation sites is 1. The topological polar surface area (TPSA) is 74.3 Å². The second-order valence-electron chi connectivity index (χ2n) is 6.55. The zero-order valence-corrected chi connectivity index (χ0v) is 16.9. The number of fused-ring (bicyclic) bond motifs is 1. The molecule has 0 saturated carbocycles. The summed E-state index contributed by atoms with van der Waals surface area (Å²) >= 11 is 0. The zero-order valence-electron chi connectivity index (χ0n) is 16.9. The fraction of sp³-hybridized carbons (Fsp3) is 0.364. The van der Waals surface area contributed by atoms with Crippen LogP contribution in [0.15, 0.2) is 36.4 Å². The van der Waals surface area contributed by atoms with E-state index in [1.165, 1.54) is 0 Å². The van der Waals surface area contributed by atoms with E-state index in [1.54, 1.807) is 43.4 Å². The Morgan fingerprint density at radius 1 is 1.00 bits per heavy atom. The molecule has 29 heavy (non-hydrogen) atoms. The summed E-state index contributed by atoms with van der Waals surface area (Å²) in [6.07, 6.45) is 0.697. The van der Waals surface area contributed by atoms with Crippen LogP contribution in [-0.2, 0) is 22.5 Å². The Labute approximate surface area is 170 Å². The molecule has 0 atom stereocenters. The average Bonchev–Trinajstić information content (AvgIpc) is 2.76. The lowest BCUT2D eigenvalue weighted by Gasteiger charge is -2.29. The number of benzene rings is 2. The lowest BCUT2D eigenvalue weighted by Crippen LogP contribution is -2.38. The predicted octanol–water partition coefficient (Wildman–Crippen LogP) is 2.84. The monoisotopic (exact) mass is 399 g/mol. The van der Waals surface area contributed by atoms with Crippen LogP contribution in [0.5, 0.6) is 17.2 Å². The molecule has 0 unspecified atom stereocenters. The molecule has 0 spiro atoms. The standard InChI is InChI=1S/C22H25NO6/c1-4-28-18-8-6-5-7-17(18)22(25)29-14-21(24)23-10-9-15-11-19(26-2)20(27-3)12-16(15)13-23/h5-8,11-12H,4,9-10,13-14H2,1-3H3. The SMILES string of the molecule is CCOc1ccccc1C(=O)OCC(=O)N1CCc2cc(OC)c(OC)cc2C1. The summed E-state index contributed by atoms with van der Waals surface area (Å²) < 4.78 is 21.4. The average molecular weight is 399 g/mol. The number of amides is 1. The molecule has 2 aromatic rings. The third-order valence-electron chi connectivity index (χ3n) is 4.80. The quantitative estimate of drug-likeness (QED) is 0.667. The number of hydrogen-bond donors (Lipinski definition) is 0. The molecule has 0 bridgehead atoms. The molecular weight excluding hydrogens is 374 g/mol. The number of carbonyl (C=O) groups excluding carboxylic acids is 2. The predicted molar refractivity (Wildman–Crippen MR) is 107 cm³/mol. The van der Waals surface area contributed by atoms with Gasteiger partial charge >= 0.3 is 5.97 Å². The molecule has 1 aliphatic rings. The van der Waals surface area contributed by atoms with Gasteiger partial charge in [-0.1, -0.05) is 12.1 Å². The number of hydrogen-bond acceptors (Lipinski definition) is 6. The van der Waals surface area contributed by atoms with Gasteiger partial charge in [0.2, 0.25) is 0 Å². The lowest BCUT2D eigenvalue weighted by atomic mass is 9.99. The van der Waals surface area contributed by atoms with Crippen molar-refractivity contribution in [2.75, 3.05) is 34.0 Å². The van der Waals surface area contributed by atoms with Gasteiger partial charge in [-0.25, -0.2) is 4.79 Å². The first-order valence-corrected chi connectivity index (χ1v) is 9.47. The summed E-state index contributed by atoms with van der Waals surface area (Å²) in [7, 11) is 3.18. The Morgan fingerprint density at radius 2 is 1.69 bits per heavy atom. The molecule has 0 N–H and O–H groups in total. The van der Waals surface area contributed by atoms with Crippen LogP contribution in [0.3, 0.4) is 0 Å². The van der Waals surface area contributed by atoms with Crippen molar-refractivity contribution in [1.29, 1.82) is 0 Å². The summed E-state index contributed by atoms with van der Waals surface area (Å²) in [6, 6.07) is 10.7. The van der Waals surface area contributed by atoms with Crippen molar-refractivity contribution >= 4 is 11.9 Å². The molecule has 0 aliphatic carbocycles. The van der Waals surface area contributed by atoms with Gasteiger partial charge in [0.15, 0.2) is 18.1 Å². The van der Waals surface area contributed by atoms with Gasteiger partial charge in [0.1, 0.15) is 11.3 Å². The van der Waals surface area contributed by atoms with Gasteiger partial charge in [0, 0.05) is 13.1 Å². The third kappa shape index (κ3) is 4.62. The maximum Gasteiger partial charge on any atom is 0.342 e. The number of methoxy groups -OCH3 is 2. The van der Waals surface area contributed by atoms with Crippen LogP contribution >= 0.6 is 0 Å². The number of ether oxygens (including phenoxy) is 4. The maximum atomic E-state index is 12.6. The lowest BCUT2D eigenvalue weighted by molar-refractivity contribution is -0.135. The Morgan fingerprint density at radius 3 is 2.38 bits per heavy atom. The minimum absolute atomic E-state index is 0.243. The highest BCUT2D eigenvalue weighted by molar-refractivity contribution is 5.94. The summed E-state index contributed by atoms with van der Waals surface area (Å²) in [6.45, 7) is 2.94. The van der Waals surface area contributed by atoms with Crippen LogP contribution in [0.25, 0.3) is 0 Å². The molecule has 154 valence electrons. The molecule has 1 aliphatic heterocycles. The van der Waals surface area contributed by atoms with E-state index in [0.29, 0.717) is 48.9 Å². The molecule has 7 heteroatoms. The molecule has 0 saturated heterocycles. The molecule has 0 radical (unpaired) electrons. The van der Waals surface area contributed by atoms with Crippen LogP contribution < -0.4 is 14.2 Å². The number of esters is 1. The van der Waals surface area contributed by atoms with E-state index in [1.807, 2.05) is 19.1 Å². The summed E-state index contributed by atoms with van der Waals surface area (Å²) in [5.74, 6) is 0.923. The van der Waals surface area contributed by atoms with Gasteiger partial charge in [-0.05, 0) is 48.7 Å². The highest BCUT2D eigenvalue weighted by atomic mass is 16.5. The zero-order chi connectivity index (χ0) is 20.8. The van der Waals surface area contributed by atoms with Gasteiger partial charge < -0.3 is 23.8 Å². The molecule has 1 amide bonds. The summed E-state index contributed by atoms with van der Waals surface area (Å²) in [5, 5.41) is 0. The third-order valence-corrected chi connectivity index (χ3v) is 4.80. The highest BCUT2D eigenvalue weighted by Gasteiger charge is 2.24. The van der Waals surface area contributed by atoms with Crippen LogP contribution in [0.4, 0.5) is 0 Å². The van der Waals surface area contributed by atoms with Gasteiger partial charge in [0.25, 0.3) is 5.91 Å². The van der Waals surface area contributed by atoms with Crippen LogP contribution in [0.1, 0.15) is 28.4 Å². The van der Waals surface area contributed by atoms with E-state index in [4.69, 9.17) is 18.9 Å². The smallest absolute Gasteiger partial charge is 0.342 e. The Hall–Kier alpha value is -3.22. The Bertz CT molecular complexity index is 895. The molecule has 0 aromatic heterocycles. The van der Waals surface area contributed by atoms with E-state index in [-0.39, 0.29) is 12.5 Å². The fourth-order valence-corrected chi connectivity index (χ4v) is 3.31. The van der Waals surface area contributed by atoms with E-state index >= 15 is 0 Å². The normalized spacial score (nSPS) is 12.7. The van der Waals surface area contributed by atoms with Crippen molar-refractivity contribution in [2.45, 2.75) is 19.9 Å². The van der Waals surface area contributed by atoms with Crippen LogP contribution in [-0.4, -0.2) is 50.8 Å². The van der Waals surface area contributed by atoms with Crippen molar-refractivity contribution in [3.63, 3.8) is 0 Å². The van der Waals surface area contributed by atoms with Crippen LogP contribution in [0, 0.1) is 0 Å². The second kappa shape index (κ2) is 9.32. The molecule has 2 aromatic carbocycles. The first-order valence-electron chi connectivity index (χ1n) is 9.47. The maximum absolute atomic E-state index is 12.6.